The highest BCUT2D eigenvalue weighted by Gasteiger charge is 2.29. The molecule has 0 saturated heterocycles. The Morgan fingerprint density at radius 2 is 2.23 bits per heavy atom. The maximum absolute atomic E-state index is 12.6. The lowest BCUT2D eigenvalue weighted by molar-refractivity contribution is -0.121. The number of nitrogens with one attached hydrogen (secondary N) is 1. The van der Waals surface area contributed by atoms with Crippen molar-refractivity contribution in [3.05, 3.63) is 30.0 Å². The highest BCUT2D eigenvalue weighted by molar-refractivity contribution is 7.99. The van der Waals surface area contributed by atoms with Crippen LogP contribution in [0.4, 0.5) is 0 Å². The molecular weight excluding hydrogens is 300 g/mol. The molecule has 0 saturated carbocycles. The number of fused-ring (bicyclic) bond motifs is 1. The molecule has 0 bridgehead atoms. The molecular formula is C16H18N2O3S. The van der Waals surface area contributed by atoms with Crippen molar-refractivity contribution in [3.8, 4) is 11.8 Å². The number of nitrogens with zero attached hydrogens (tertiary/aromatic N) is 1. The van der Waals surface area contributed by atoms with Gasteiger partial charge in [0.25, 0.3) is 0 Å². The number of thioether (sulfide) groups is 1. The third kappa shape index (κ3) is 3.62. The van der Waals surface area contributed by atoms with Crippen LogP contribution in [0.2, 0.25) is 0 Å². The second-order valence-electron chi connectivity index (χ2n) is 5.25. The van der Waals surface area contributed by atoms with E-state index in [1.54, 1.807) is 13.8 Å². The van der Waals surface area contributed by atoms with Gasteiger partial charge in [-0.1, -0.05) is 29.1 Å². The number of carbonyl (C=O) groups excluding carboxylic acids is 1. The molecule has 0 aliphatic heterocycles. The lowest BCUT2D eigenvalue weighted by Gasteiger charge is -2.22. The first-order valence-electron chi connectivity index (χ1n) is 6.78. The Labute approximate surface area is 133 Å². The number of aromatic nitrogens is 1. The third-order valence-electron chi connectivity index (χ3n) is 3.04. The number of carbonyl (C=O) groups is 1. The third-order valence-corrected chi connectivity index (χ3v) is 3.95. The van der Waals surface area contributed by atoms with Crippen LogP contribution >= 0.6 is 11.8 Å². The van der Waals surface area contributed by atoms with Crippen molar-refractivity contribution >= 4 is 28.6 Å². The van der Waals surface area contributed by atoms with Crippen molar-refractivity contribution < 1.29 is 14.4 Å². The minimum atomic E-state index is -0.729. The van der Waals surface area contributed by atoms with Gasteiger partial charge in [-0.3, -0.25) is 4.79 Å². The first-order chi connectivity index (χ1) is 10.5. The topological polar surface area (TPSA) is 75.4 Å². The average molecular weight is 318 g/mol. The quantitative estimate of drug-likeness (QED) is 0.845. The van der Waals surface area contributed by atoms with Gasteiger partial charge in [-0.25, -0.2) is 0 Å². The van der Waals surface area contributed by atoms with Gasteiger partial charge in [-0.2, -0.15) is 0 Å². The molecule has 1 heterocycles. The van der Waals surface area contributed by atoms with E-state index >= 15 is 0 Å². The summed E-state index contributed by atoms with van der Waals surface area (Å²) in [6.07, 6.45) is 1.85. The molecule has 22 heavy (non-hydrogen) atoms. The summed E-state index contributed by atoms with van der Waals surface area (Å²) in [6.45, 7) is 3.33. The fourth-order valence-corrected chi connectivity index (χ4v) is 2.77. The summed E-state index contributed by atoms with van der Waals surface area (Å²) >= 11 is 1.38. The average Bonchev–Trinajstić information content (AvgIpc) is 2.90. The van der Waals surface area contributed by atoms with Gasteiger partial charge >= 0.3 is 0 Å². The van der Waals surface area contributed by atoms with Gasteiger partial charge in [-0.15, -0.1) is 11.8 Å². The number of aliphatic hydroxyl groups is 1. The maximum atomic E-state index is 12.6. The van der Waals surface area contributed by atoms with E-state index in [1.807, 2.05) is 30.5 Å². The minimum Gasteiger partial charge on any atom is -0.384 e. The highest BCUT2D eigenvalue weighted by atomic mass is 32.2. The number of amides is 1. The van der Waals surface area contributed by atoms with Crippen molar-refractivity contribution in [2.75, 3.05) is 12.9 Å². The van der Waals surface area contributed by atoms with Gasteiger partial charge < -0.3 is 14.9 Å². The zero-order chi connectivity index (χ0) is 16.2. The van der Waals surface area contributed by atoms with Crippen molar-refractivity contribution in [1.29, 1.82) is 0 Å². The van der Waals surface area contributed by atoms with Crippen LogP contribution in [-0.4, -0.2) is 34.6 Å². The predicted molar refractivity (Wildman–Crippen MR) is 87.3 cm³/mol. The van der Waals surface area contributed by atoms with Gasteiger partial charge in [0.2, 0.25) is 5.91 Å². The standard InChI is InChI=1S/C16H18N2O3S/c1-16(2,9-6-10-19)17-15(20)14(22-3)13-11-7-4-5-8-12(11)21-18-13/h4-5,7-8,14,19H,10H2,1-3H3,(H,17,20). The normalized spacial score (nSPS) is 12.5. The summed E-state index contributed by atoms with van der Waals surface area (Å²) in [5.41, 5.74) is 0.531. The maximum Gasteiger partial charge on any atom is 0.240 e. The predicted octanol–water partition coefficient (Wildman–Crippen LogP) is 2.12. The van der Waals surface area contributed by atoms with Crippen molar-refractivity contribution in [2.45, 2.75) is 24.6 Å². The summed E-state index contributed by atoms with van der Waals surface area (Å²) < 4.78 is 5.27. The second-order valence-corrected chi connectivity index (χ2v) is 6.20. The van der Waals surface area contributed by atoms with Crippen LogP contribution in [-0.2, 0) is 4.79 Å². The van der Waals surface area contributed by atoms with Crippen molar-refractivity contribution in [1.82, 2.24) is 10.5 Å². The van der Waals surface area contributed by atoms with Crippen molar-refractivity contribution in [2.24, 2.45) is 0 Å². The SMILES string of the molecule is CSC(C(=O)NC(C)(C)C#CCO)c1noc2ccccc12. The fraction of sp³-hybridized carbons (Fsp3) is 0.375. The molecule has 0 aliphatic rings. The Kier molecular flexibility index (Phi) is 5.11. The van der Waals surface area contributed by atoms with E-state index in [9.17, 15) is 4.79 Å². The summed E-state index contributed by atoms with van der Waals surface area (Å²) in [5, 5.41) is 16.0. The summed E-state index contributed by atoms with van der Waals surface area (Å²) in [4.78, 5) is 12.6. The van der Waals surface area contributed by atoms with Crippen LogP contribution in [0.3, 0.4) is 0 Å². The molecule has 1 aromatic heterocycles. The zero-order valence-corrected chi connectivity index (χ0v) is 13.5. The van der Waals surface area contributed by atoms with E-state index in [1.165, 1.54) is 11.8 Å². The Bertz CT molecular complexity index is 728. The molecule has 1 atom stereocenters. The molecule has 1 unspecified atom stereocenters. The Morgan fingerprint density at radius 1 is 1.50 bits per heavy atom. The molecule has 1 amide bonds. The summed E-state index contributed by atoms with van der Waals surface area (Å²) in [6, 6.07) is 7.44. The molecule has 5 nitrogen and oxygen atoms in total. The number of benzene rings is 1. The van der Waals surface area contributed by atoms with Crippen LogP contribution in [0.1, 0.15) is 24.8 Å². The fourth-order valence-electron chi connectivity index (χ4n) is 2.10. The molecule has 0 aliphatic carbocycles. The molecule has 6 heteroatoms. The molecule has 1 aromatic carbocycles. The first-order valence-corrected chi connectivity index (χ1v) is 8.07. The highest BCUT2D eigenvalue weighted by Crippen LogP contribution is 2.32. The van der Waals surface area contributed by atoms with Gasteiger partial charge in [-0.05, 0) is 32.2 Å². The van der Waals surface area contributed by atoms with Crippen LogP contribution in [0.25, 0.3) is 11.0 Å². The van der Waals surface area contributed by atoms with Crippen molar-refractivity contribution in [3.63, 3.8) is 0 Å². The van der Waals surface area contributed by atoms with Crippen LogP contribution < -0.4 is 5.32 Å². The summed E-state index contributed by atoms with van der Waals surface area (Å²) in [7, 11) is 0. The Morgan fingerprint density at radius 3 is 2.91 bits per heavy atom. The monoisotopic (exact) mass is 318 g/mol. The van der Waals surface area contributed by atoms with E-state index < -0.39 is 10.8 Å². The lowest BCUT2D eigenvalue weighted by Crippen LogP contribution is -2.44. The molecule has 2 aromatic rings. The minimum absolute atomic E-state index is 0.191. The van der Waals surface area contributed by atoms with E-state index in [4.69, 9.17) is 9.63 Å². The van der Waals surface area contributed by atoms with Gasteiger partial charge in [0.1, 0.15) is 17.6 Å². The van der Waals surface area contributed by atoms with Crippen LogP contribution in [0.15, 0.2) is 28.8 Å². The molecule has 0 spiro atoms. The number of rotatable bonds is 4. The van der Waals surface area contributed by atoms with Gasteiger partial charge in [0.05, 0.1) is 5.54 Å². The second kappa shape index (κ2) is 6.86. The number of para-hydroxylation sites is 1. The smallest absolute Gasteiger partial charge is 0.240 e. The Hall–Kier alpha value is -1.97. The molecule has 2 rings (SSSR count). The lowest BCUT2D eigenvalue weighted by atomic mass is 10.1. The van der Waals surface area contributed by atoms with Crippen LogP contribution in [0, 0.1) is 11.8 Å². The molecule has 116 valence electrons. The number of aliphatic hydroxyl groups excluding tert-OH is 1. The summed E-state index contributed by atoms with van der Waals surface area (Å²) in [5.74, 6) is 5.19. The number of hydrogen-bond acceptors (Lipinski definition) is 5. The van der Waals surface area contributed by atoms with E-state index in [0.717, 1.165) is 5.39 Å². The molecule has 0 radical (unpaired) electrons. The van der Waals surface area contributed by atoms with Gasteiger partial charge in [0, 0.05) is 5.39 Å². The number of hydrogen-bond donors (Lipinski definition) is 2. The van der Waals surface area contributed by atoms with E-state index in [-0.39, 0.29) is 12.5 Å². The molecule has 0 fully saturated rings. The molecule has 2 N–H and O–H groups in total. The van der Waals surface area contributed by atoms with E-state index in [2.05, 4.69) is 22.3 Å². The largest absolute Gasteiger partial charge is 0.384 e. The van der Waals surface area contributed by atoms with Crippen LogP contribution in [0.5, 0.6) is 0 Å². The van der Waals surface area contributed by atoms with E-state index in [0.29, 0.717) is 11.3 Å². The van der Waals surface area contributed by atoms with Gasteiger partial charge in [0.15, 0.2) is 5.58 Å². The first kappa shape index (κ1) is 16.4. The Balaban J connectivity index is 2.26. The zero-order valence-electron chi connectivity index (χ0n) is 12.7.